The maximum absolute atomic E-state index is 13.9. The number of alkyl halides is 3. The van der Waals surface area contributed by atoms with Crippen LogP contribution in [0.25, 0.3) is 16.8 Å². The van der Waals surface area contributed by atoms with E-state index in [2.05, 4.69) is 10.4 Å². The van der Waals surface area contributed by atoms with Crippen LogP contribution in [0, 0.1) is 11.3 Å². The highest BCUT2D eigenvalue weighted by molar-refractivity contribution is 6.00. The van der Waals surface area contributed by atoms with Crippen LogP contribution >= 0.6 is 0 Å². The van der Waals surface area contributed by atoms with Gasteiger partial charge in [-0.3, -0.25) is 4.79 Å². The number of urea groups is 1. The lowest BCUT2D eigenvalue weighted by Crippen LogP contribution is -2.22. The molecular formula is C20H15F3N6O3. The smallest absolute Gasteiger partial charge is 0.417 e. The number of aromatic nitrogens is 2. The predicted octanol–water partition coefficient (Wildman–Crippen LogP) is 3.05. The van der Waals surface area contributed by atoms with Gasteiger partial charge in [-0.1, -0.05) is 18.2 Å². The summed E-state index contributed by atoms with van der Waals surface area (Å²) in [5.74, 6) is -0.768. The number of nitrogens with zero attached hydrogens (tertiary/aromatic N) is 3. The van der Waals surface area contributed by atoms with Gasteiger partial charge < -0.3 is 21.5 Å². The SMILES string of the molecule is N#CCOc1cccc(-c2ccc(-n3cc(NC(N)=O)c(C(N)=O)n3)cc2C(F)(F)F)c1. The van der Waals surface area contributed by atoms with Gasteiger partial charge in [-0.15, -0.1) is 0 Å². The van der Waals surface area contributed by atoms with Crippen LogP contribution in [0.4, 0.5) is 23.7 Å². The van der Waals surface area contributed by atoms with Crippen molar-refractivity contribution in [2.75, 3.05) is 11.9 Å². The van der Waals surface area contributed by atoms with Gasteiger partial charge in [-0.2, -0.15) is 23.5 Å². The molecule has 5 N–H and O–H groups in total. The molecule has 1 heterocycles. The van der Waals surface area contributed by atoms with Crippen molar-refractivity contribution in [3.8, 4) is 28.6 Å². The Bertz CT molecular complexity index is 1230. The Labute approximate surface area is 179 Å². The molecule has 0 fully saturated rings. The summed E-state index contributed by atoms with van der Waals surface area (Å²) in [6.07, 6.45) is -3.61. The number of hydrogen-bond donors (Lipinski definition) is 3. The first kappa shape index (κ1) is 22.2. The molecule has 0 saturated heterocycles. The van der Waals surface area contributed by atoms with Gasteiger partial charge >= 0.3 is 12.2 Å². The van der Waals surface area contributed by atoms with E-state index >= 15 is 0 Å². The van der Waals surface area contributed by atoms with Gasteiger partial charge in [-0.05, 0) is 35.4 Å². The molecule has 0 aliphatic rings. The molecular weight excluding hydrogens is 429 g/mol. The maximum Gasteiger partial charge on any atom is 0.417 e. The molecule has 9 nitrogen and oxygen atoms in total. The fourth-order valence-corrected chi connectivity index (χ4v) is 2.94. The fraction of sp³-hybridized carbons (Fsp3) is 0.100. The third kappa shape index (κ3) is 4.78. The van der Waals surface area contributed by atoms with E-state index in [0.717, 1.165) is 16.9 Å². The summed E-state index contributed by atoms with van der Waals surface area (Å²) < 4.78 is 47.7. The first-order valence-electron chi connectivity index (χ1n) is 8.88. The van der Waals surface area contributed by atoms with Crippen molar-refractivity contribution in [1.82, 2.24) is 9.78 Å². The van der Waals surface area contributed by atoms with Crippen molar-refractivity contribution in [3.05, 3.63) is 59.9 Å². The number of halogens is 3. The molecule has 0 aliphatic carbocycles. The van der Waals surface area contributed by atoms with Gasteiger partial charge in [0, 0.05) is 0 Å². The highest BCUT2D eigenvalue weighted by Crippen LogP contribution is 2.39. The third-order valence-corrected chi connectivity index (χ3v) is 4.23. The first-order valence-corrected chi connectivity index (χ1v) is 8.88. The maximum atomic E-state index is 13.9. The van der Waals surface area contributed by atoms with Crippen molar-refractivity contribution in [2.45, 2.75) is 6.18 Å². The minimum atomic E-state index is -4.73. The molecule has 0 aliphatic heterocycles. The standard InChI is InChI=1S/C20H15F3N6O3/c21-20(22,23)15-9-12(29-10-16(27-19(26)31)17(28-29)18(25)30)4-5-14(15)11-2-1-3-13(8-11)32-7-6-24/h1-5,8-10H,7H2,(H2,25,30)(H3,26,27,31). The number of benzene rings is 2. The quantitative estimate of drug-likeness (QED) is 0.534. The van der Waals surface area contributed by atoms with E-state index < -0.39 is 23.7 Å². The van der Waals surface area contributed by atoms with Gasteiger partial charge in [0.1, 0.15) is 11.8 Å². The van der Waals surface area contributed by atoms with E-state index in [-0.39, 0.29) is 40.6 Å². The van der Waals surface area contributed by atoms with E-state index in [1.165, 1.54) is 36.4 Å². The second-order valence-electron chi connectivity index (χ2n) is 6.39. The number of nitriles is 1. The van der Waals surface area contributed by atoms with Crippen molar-refractivity contribution in [3.63, 3.8) is 0 Å². The van der Waals surface area contributed by atoms with Crippen molar-refractivity contribution in [2.24, 2.45) is 11.5 Å². The number of nitrogens with two attached hydrogens (primary N) is 2. The zero-order chi connectivity index (χ0) is 23.5. The molecule has 2 aromatic carbocycles. The van der Waals surface area contributed by atoms with Gasteiger partial charge in [0.15, 0.2) is 12.3 Å². The molecule has 0 atom stereocenters. The monoisotopic (exact) mass is 444 g/mol. The summed E-state index contributed by atoms with van der Waals surface area (Å²) in [6, 6.07) is 10.1. The van der Waals surface area contributed by atoms with E-state index in [0.29, 0.717) is 0 Å². The Balaban J connectivity index is 2.10. The minimum Gasteiger partial charge on any atom is -0.479 e. The average Bonchev–Trinajstić information content (AvgIpc) is 3.15. The van der Waals surface area contributed by atoms with Gasteiger partial charge in [0.2, 0.25) is 0 Å². The number of amides is 3. The van der Waals surface area contributed by atoms with Gasteiger partial charge in [0.25, 0.3) is 5.91 Å². The predicted molar refractivity (Wildman–Crippen MR) is 107 cm³/mol. The van der Waals surface area contributed by atoms with E-state index in [4.69, 9.17) is 21.5 Å². The van der Waals surface area contributed by atoms with Crippen molar-refractivity contribution < 1.29 is 27.5 Å². The van der Waals surface area contributed by atoms with Gasteiger partial charge in [0.05, 0.1) is 23.1 Å². The first-order chi connectivity index (χ1) is 15.1. The lowest BCUT2D eigenvalue weighted by molar-refractivity contribution is -0.137. The second-order valence-corrected chi connectivity index (χ2v) is 6.39. The van der Waals surface area contributed by atoms with Crippen LogP contribution in [-0.4, -0.2) is 28.3 Å². The zero-order valence-electron chi connectivity index (χ0n) is 16.2. The molecule has 3 aromatic rings. The van der Waals surface area contributed by atoms with Crippen LogP contribution in [0.2, 0.25) is 0 Å². The summed E-state index contributed by atoms with van der Waals surface area (Å²) >= 11 is 0. The van der Waals surface area contributed by atoms with Crippen LogP contribution in [0.3, 0.4) is 0 Å². The Morgan fingerprint density at radius 1 is 1.19 bits per heavy atom. The molecule has 0 unspecified atom stereocenters. The molecule has 0 bridgehead atoms. The Morgan fingerprint density at radius 3 is 2.56 bits per heavy atom. The summed E-state index contributed by atoms with van der Waals surface area (Å²) in [7, 11) is 0. The molecule has 0 spiro atoms. The number of nitrogens with one attached hydrogen (secondary N) is 1. The Kier molecular flexibility index (Phi) is 6.01. The minimum absolute atomic E-state index is 0.0435. The second kappa shape index (κ2) is 8.68. The van der Waals surface area contributed by atoms with Crippen LogP contribution in [0.1, 0.15) is 16.1 Å². The van der Waals surface area contributed by atoms with Crippen LogP contribution < -0.4 is 21.5 Å². The lowest BCUT2D eigenvalue weighted by atomic mass is 9.98. The molecule has 164 valence electrons. The largest absolute Gasteiger partial charge is 0.479 e. The summed E-state index contributed by atoms with van der Waals surface area (Å²) in [5, 5.41) is 14.6. The summed E-state index contributed by atoms with van der Waals surface area (Å²) in [4.78, 5) is 22.7. The number of primary amides is 2. The molecule has 3 amide bonds. The summed E-state index contributed by atoms with van der Waals surface area (Å²) in [5.41, 5.74) is 8.78. The summed E-state index contributed by atoms with van der Waals surface area (Å²) in [6.45, 7) is -0.252. The Hall–Kier alpha value is -4.53. The van der Waals surface area contributed by atoms with E-state index in [9.17, 15) is 22.8 Å². The van der Waals surface area contributed by atoms with Crippen LogP contribution in [0.5, 0.6) is 5.75 Å². The van der Waals surface area contributed by atoms with Crippen LogP contribution in [-0.2, 0) is 6.18 Å². The lowest BCUT2D eigenvalue weighted by Gasteiger charge is -2.15. The number of carbonyl (C=O) groups is 2. The van der Waals surface area contributed by atoms with E-state index in [1.807, 2.05) is 0 Å². The average molecular weight is 444 g/mol. The Morgan fingerprint density at radius 2 is 1.94 bits per heavy atom. The normalized spacial score (nSPS) is 10.9. The molecule has 12 heteroatoms. The fourth-order valence-electron chi connectivity index (χ4n) is 2.94. The molecule has 3 rings (SSSR count). The highest BCUT2D eigenvalue weighted by atomic mass is 19.4. The number of hydrogen-bond acceptors (Lipinski definition) is 5. The van der Waals surface area contributed by atoms with E-state index in [1.54, 1.807) is 6.07 Å². The van der Waals surface area contributed by atoms with Crippen molar-refractivity contribution in [1.29, 1.82) is 5.26 Å². The number of carbonyl (C=O) groups excluding carboxylic acids is 2. The third-order valence-electron chi connectivity index (χ3n) is 4.23. The van der Waals surface area contributed by atoms with Crippen LogP contribution in [0.15, 0.2) is 48.7 Å². The molecule has 0 radical (unpaired) electrons. The highest BCUT2D eigenvalue weighted by Gasteiger charge is 2.34. The van der Waals surface area contributed by atoms with Crippen molar-refractivity contribution >= 4 is 17.6 Å². The number of rotatable bonds is 6. The molecule has 32 heavy (non-hydrogen) atoms. The molecule has 0 saturated carbocycles. The van der Waals surface area contributed by atoms with Gasteiger partial charge in [-0.25, -0.2) is 9.48 Å². The molecule has 1 aromatic heterocycles. The number of anilines is 1. The zero-order valence-corrected chi connectivity index (χ0v) is 16.2. The topological polar surface area (TPSA) is 149 Å². The number of ether oxygens (including phenoxy) is 1.